The lowest BCUT2D eigenvalue weighted by atomic mass is 9.86. The Bertz CT molecular complexity index is 355. The lowest BCUT2D eigenvalue weighted by molar-refractivity contribution is 0.152. The van der Waals surface area contributed by atoms with Gasteiger partial charge in [0.15, 0.2) is 0 Å². The Labute approximate surface area is 97.0 Å². The van der Waals surface area contributed by atoms with E-state index in [9.17, 15) is 13.5 Å². The van der Waals surface area contributed by atoms with Gasteiger partial charge in [0.1, 0.15) is 0 Å². The summed E-state index contributed by atoms with van der Waals surface area (Å²) in [4.78, 5) is 0. The van der Waals surface area contributed by atoms with Crippen LogP contribution in [0.3, 0.4) is 0 Å². The highest BCUT2D eigenvalue weighted by Crippen LogP contribution is 2.48. The largest absolute Gasteiger partial charge is 0.396 e. The summed E-state index contributed by atoms with van der Waals surface area (Å²) in [5.74, 6) is 1.02. The predicted octanol–water partition coefficient (Wildman–Crippen LogP) is -0.211. The maximum atomic E-state index is 11.8. The van der Waals surface area contributed by atoms with Gasteiger partial charge >= 0.3 is 0 Å². The maximum absolute atomic E-state index is 11.8. The number of fused-ring (bicyclic) bond motifs is 2. The molecule has 0 aromatic rings. The van der Waals surface area contributed by atoms with Crippen LogP contribution in [0.15, 0.2) is 0 Å². The van der Waals surface area contributed by atoms with Crippen LogP contribution in [0.1, 0.15) is 19.3 Å². The molecular formula is C10H20N2O3S. The third kappa shape index (κ3) is 1.99. The molecule has 0 aromatic heterocycles. The fourth-order valence-electron chi connectivity index (χ4n) is 3.13. The van der Waals surface area contributed by atoms with Gasteiger partial charge in [0.25, 0.3) is 10.2 Å². The van der Waals surface area contributed by atoms with Crippen LogP contribution in [-0.4, -0.2) is 44.6 Å². The Balaban J connectivity index is 2.10. The van der Waals surface area contributed by atoms with Crippen LogP contribution in [-0.2, 0) is 10.2 Å². The smallest absolute Gasteiger partial charge is 0.279 e. The molecule has 2 bridgehead atoms. The van der Waals surface area contributed by atoms with Crippen molar-refractivity contribution >= 4 is 10.2 Å². The molecule has 0 amide bonds. The second-order valence-electron chi connectivity index (χ2n) is 5.11. The molecule has 2 saturated carbocycles. The molecule has 2 aliphatic rings. The SMILES string of the molecule is CN(C)S(=O)(=O)NC1C2CCC(C2)C1CO. The minimum absolute atomic E-state index is 0.0730. The van der Waals surface area contributed by atoms with Gasteiger partial charge in [0.2, 0.25) is 0 Å². The van der Waals surface area contributed by atoms with Crippen LogP contribution in [0.2, 0.25) is 0 Å². The molecule has 0 spiro atoms. The van der Waals surface area contributed by atoms with E-state index >= 15 is 0 Å². The Morgan fingerprint density at radius 3 is 2.50 bits per heavy atom. The summed E-state index contributed by atoms with van der Waals surface area (Å²) >= 11 is 0. The Morgan fingerprint density at radius 1 is 1.31 bits per heavy atom. The van der Waals surface area contributed by atoms with Crippen LogP contribution < -0.4 is 4.72 Å². The van der Waals surface area contributed by atoms with Crippen molar-refractivity contribution < 1.29 is 13.5 Å². The molecule has 5 nitrogen and oxygen atoms in total. The summed E-state index contributed by atoms with van der Waals surface area (Å²) in [6.45, 7) is 0.0851. The van der Waals surface area contributed by atoms with E-state index in [-0.39, 0.29) is 18.6 Å². The van der Waals surface area contributed by atoms with Crippen LogP contribution in [0.4, 0.5) is 0 Å². The van der Waals surface area contributed by atoms with Gasteiger partial charge in [-0.1, -0.05) is 0 Å². The van der Waals surface area contributed by atoms with Gasteiger partial charge < -0.3 is 5.11 Å². The Hall–Kier alpha value is -0.170. The third-order valence-electron chi connectivity index (χ3n) is 4.06. The molecule has 0 radical (unpaired) electrons. The van der Waals surface area contributed by atoms with Gasteiger partial charge in [-0.2, -0.15) is 17.4 Å². The first-order valence-electron chi connectivity index (χ1n) is 5.76. The summed E-state index contributed by atoms with van der Waals surface area (Å²) in [6.07, 6.45) is 3.28. The zero-order valence-electron chi connectivity index (χ0n) is 9.76. The zero-order chi connectivity index (χ0) is 11.9. The van der Waals surface area contributed by atoms with Crippen molar-refractivity contribution in [2.24, 2.45) is 17.8 Å². The van der Waals surface area contributed by atoms with Gasteiger partial charge in [-0.05, 0) is 31.1 Å². The fraction of sp³-hybridized carbons (Fsp3) is 1.00. The van der Waals surface area contributed by atoms with Crippen LogP contribution in [0.25, 0.3) is 0 Å². The van der Waals surface area contributed by atoms with Crippen molar-refractivity contribution in [2.75, 3.05) is 20.7 Å². The summed E-state index contributed by atoms with van der Waals surface area (Å²) < 4.78 is 27.4. The Morgan fingerprint density at radius 2 is 1.94 bits per heavy atom. The van der Waals surface area contributed by atoms with Crippen LogP contribution >= 0.6 is 0 Å². The number of hydrogen-bond donors (Lipinski definition) is 2. The van der Waals surface area contributed by atoms with Crippen molar-refractivity contribution in [3.63, 3.8) is 0 Å². The molecule has 4 unspecified atom stereocenters. The van der Waals surface area contributed by atoms with Gasteiger partial charge in [-0.15, -0.1) is 0 Å². The van der Waals surface area contributed by atoms with Crippen LogP contribution in [0, 0.1) is 17.8 Å². The number of aliphatic hydroxyl groups excluding tert-OH is 1. The number of hydrogen-bond acceptors (Lipinski definition) is 3. The maximum Gasteiger partial charge on any atom is 0.279 e. The Kier molecular flexibility index (Phi) is 3.27. The molecule has 2 fully saturated rings. The zero-order valence-corrected chi connectivity index (χ0v) is 10.6. The first-order chi connectivity index (χ1) is 7.45. The quantitative estimate of drug-likeness (QED) is 0.723. The topological polar surface area (TPSA) is 69.6 Å². The summed E-state index contributed by atoms with van der Waals surface area (Å²) in [5.41, 5.74) is 0. The summed E-state index contributed by atoms with van der Waals surface area (Å²) in [7, 11) is -0.340. The van der Waals surface area contributed by atoms with Crippen molar-refractivity contribution in [3.8, 4) is 0 Å². The van der Waals surface area contributed by atoms with Gasteiger partial charge in [-0.25, -0.2) is 0 Å². The lowest BCUT2D eigenvalue weighted by Crippen LogP contribution is -2.48. The van der Waals surface area contributed by atoms with Gasteiger partial charge in [-0.3, -0.25) is 0 Å². The van der Waals surface area contributed by atoms with Crippen molar-refractivity contribution in [1.29, 1.82) is 0 Å². The van der Waals surface area contributed by atoms with Gasteiger partial charge in [0.05, 0.1) is 0 Å². The lowest BCUT2D eigenvalue weighted by Gasteiger charge is -2.31. The van der Waals surface area contributed by atoms with Crippen molar-refractivity contribution in [1.82, 2.24) is 9.03 Å². The average molecular weight is 248 g/mol. The number of aliphatic hydroxyl groups is 1. The highest BCUT2D eigenvalue weighted by atomic mass is 32.2. The van der Waals surface area contributed by atoms with Gasteiger partial charge in [0, 0.05) is 32.7 Å². The molecule has 0 aliphatic heterocycles. The number of nitrogens with zero attached hydrogens (tertiary/aromatic N) is 1. The molecule has 6 heteroatoms. The van der Waals surface area contributed by atoms with Crippen LogP contribution in [0.5, 0.6) is 0 Å². The molecule has 16 heavy (non-hydrogen) atoms. The molecular weight excluding hydrogens is 228 g/mol. The molecule has 2 rings (SSSR count). The monoisotopic (exact) mass is 248 g/mol. The molecule has 2 N–H and O–H groups in total. The minimum atomic E-state index is -3.37. The van der Waals surface area contributed by atoms with E-state index in [1.165, 1.54) is 18.4 Å². The van der Waals surface area contributed by atoms with E-state index in [1.54, 1.807) is 0 Å². The molecule has 0 heterocycles. The standard InChI is InChI=1S/C10H20N2O3S/c1-12(2)16(14,15)11-10-8-4-3-7(5-8)9(10)6-13/h7-11,13H,3-6H2,1-2H3. The van der Waals surface area contributed by atoms with E-state index in [0.29, 0.717) is 11.8 Å². The average Bonchev–Trinajstić information content (AvgIpc) is 2.76. The predicted molar refractivity (Wildman–Crippen MR) is 60.9 cm³/mol. The first-order valence-corrected chi connectivity index (χ1v) is 7.20. The molecule has 94 valence electrons. The van der Waals surface area contributed by atoms with E-state index < -0.39 is 10.2 Å². The third-order valence-corrected chi connectivity index (χ3v) is 5.60. The first kappa shape index (κ1) is 12.3. The fourth-order valence-corrected chi connectivity index (χ4v) is 4.06. The van der Waals surface area contributed by atoms with Crippen molar-refractivity contribution in [3.05, 3.63) is 0 Å². The number of nitrogens with one attached hydrogen (secondary N) is 1. The summed E-state index contributed by atoms with van der Waals surface area (Å²) in [6, 6.07) is -0.0730. The highest BCUT2D eigenvalue weighted by Gasteiger charge is 2.48. The highest BCUT2D eigenvalue weighted by molar-refractivity contribution is 7.87. The van der Waals surface area contributed by atoms with E-state index in [0.717, 1.165) is 19.3 Å². The molecule has 4 atom stereocenters. The summed E-state index contributed by atoms with van der Waals surface area (Å²) in [5, 5.41) is 9.35. The molecule has 2 aliphatic carbocycles. The van der Waals surface area contributed by atoms with E-state index in [4.69, 9.17) is 0 Å². The normalized spacial score (nSPS) is 38.5. The number of rotatable bonds is 4. The van der Waals surface area contributed by atoms with E-state index in [2.05, 4.69) is 4.72 Å². The van der Waals surface area contributed by atoms with E-state index in [1.807, 2.05) is 0 Å². The minimum Gasteiger partial charge on any atom is -0.396 e. The molecule has 0 saturated heterocycles. The second-order valence-corrected chi connectivity index (χ2v) is 7.03. The molecule has 0 aromatic carbocycles. The van der Waals surface area contributed by atoms with Crippen molar-refractivity contribution in [2.45, 2.75) is 25.3 Å². The second kappa shape index (κ2) is 4.25.